The Morgan fingerprint density at radius 3 is 2.61 bits per heavy atom. The lowest BCUT2D eigenvalue weighted by Gasteiger charge is -2.39. The summed E-state index contributed by atoms with van der Waals surface area (Å²) < 4.78 is 57.5. The van der Waals surface area contributed by atoms with E-state index in [0.717, 1.165) is 5.56 Å². The van der Waals surface area contributed by atoms with Crippen LogP contribution in [0.15, 0.2) is 71.6 Å². The highest BCUT2D eigenvalue weighted by molar-refractivity contribution is 7.91. The van der Waals surface area contributed by atoms with E-state index in [1.165, 1.54) is 36.3 Å². The first-order chi connectivity index (χ1) is 22.1. The Morgan fingerprint density at radius 2 is 1.83 bits per heavy atom. The summed E-state index contributed by atoms with van der Waals surface area (Å²) in [5.74, 6) is -1.06. The number of nitrogens with one attached hydrogen (secondary N) is 2. The van der Waals surface area contributed by atoms with Crippen molar-refractivity contribution in [3.8, 4) is 17.2 Å². The topological polar surface area (TPSA) is 140 Å². The zero-order valence-electron chi connectivity index (χ0n) is 25.4. The quantitative estimate of drug-likeness (QED) is 0.429. The molecule has 1 fully saturated rings. The first-order valence-corrected chi connectivity index (χ1v) is 16.6. The Hall–Kier alpha value is -4.65. The largest absolute Gasteiger partial charge is 0.493 e. The molecule has 1 saturated heterocycles. The van der Waals surface area contributed by atoms with Crippen LogP contribution in [0.4, 0.5) is 4.39 Å². The number of ether oxygens (including phenoxy) is 3. The summed E-state index contributed by atoms with van der Waals surface area (Å²) >= 11 is 0. The Labute approximate surface area is 266 Å². The second-order valence-electron chi connectivity index (χ2n) is 11.2. The van der Waals surface area contributed by atoms with Gasteiger partial charge in [0.1, 0.15) is 17.7 Å². The molecule has 0 unspecified atom stereocenters. The van der Waals surface area contributed by atoms with Gasteiger partial charge in [-0.05, 0) is 53.9 Å². The predicted molar refractivity (Wildman–Crippen MR) is 166 cm³/mol. The molecule has 13 heteroatoms. The Kier molecular flexibility index (Phi) is 10.4. The smallest absolute Gasteiger partial charge is 0.258 e. The van der Waals surface area contributed by atoms with Crippen LogP contribution >= 0.6 is 0 Å². The minimum absolute atomic E-state index is 0.0393. The molecule has 0 saturated carbocycles. The van der Waals surface area contributed by atoms with Crippen LogP contribution in [0.25, 0.3) is 0 Å². The number of sulfone groups is 1. The summed E-state index contributed by atoms with van der Waals surface area (Å²) in [4.78, 5) is 40.5. The molecule has 2 aliphatic heterocycles. The van der Waals surface area contributed by atoms with Gasteiger partial charge in [0.15, 0.2) is 27.9 Å². The van der Waals surface area contributed by atoms with Gasteiger partial charge < -0.3 is 29.7 Å². The van der Waals surface area contributed by atoms with Gasteiger partial charge in [-0.2, -0.15) is 0 Å². The fraction of sp³-hybridized carbons (Fsp3) is 0.364. The van der Waals surface area contributed by atoms with Crippen molar-refractivity contribution in [1.29, 1.82) is 0 Å². The summed E-state index contributed by atoms with van der Waals surface area (Å²) in [7, 11) is -2.19. The van der Waals surface area contributed by atoms with Crippen LogP contribution in [0.2, 0.25) is 0 Å². The minimum Gasteiger partial charge on any atom is -0.493 e. The van der Waals surface area contributed by atoms with Crippen molar-refractivity contribution in [2.24, 2.45) is 0 Å². The molecule has 4 bridgehead atoms. The fourth-order valence-electron chi connectivity index (χ4n) is 5.46. The number of amides is 3. The molecule has 3 amide bonds. The van der Waals surface area contributed by atoms with E-state index in [-0.39, 0.29) is 73.7 Å². The third kappa shape index (κ3) is 8.53. The zero-order valence-corrected chi connectivity index (χ0v) is 26.2. The SMILES string of the molecule is COc1ccc2cc1OCC(=O)N[C@@H]1CN(C(=O)CCS(=O)(=O)c3ccccc3)CC[C@H]1Oc1cc(F)cc(c1)CNC(=O)CC2. The van der Waals surface area contributed by atoms with E-state index in [9.17, 15) is 27.2 Å². The highest BCUT2D eigenvalue weighted by Gasteiger charge is 2.35. The van der Waals surface area contributed by atoms with Gasteiger partial charge in [0.25, 0.3) is 5.91 Å². The average Bonchev–Trinajstić information content (AvgIpc) is 3.05. The number of carbonyl (C=O) groups excluding carboxylic acids is 3. The van der Waals surface area contributed by atoms with Gasteiger partial charge in [0.2, 0.25) is 11.8 Å². The summed E-state index contributed by atoms with van der Waals surface area (Å²) in [6.07, 6.45) is -0.0246. The summed E-state index contributed by atoms with van der Waals surface area (Å²) in [5.41, 5.74) is 1.29. The molecule has 2 N–H and O–H groups in total. The van der Waals surface area contributed by atoms with Gasteiger partial charge in [0.05, 0.1) is 23.8 Å². The number of hydrogen-bond donors (Lipinski definition) is 2. The lowest BCUT2D eigenvalue weighted by molar-refractivity contribution is -0.135. The van der Waals surface area contributed by atoms with E-state index in [0.29, 0.717) is 23.5 Å². The maximum Gasteiger partial charge on any atom is 0.258 e. The Morgan fingerprint density at radius 1 is 1.02 bits per heavy atom. The molecule has 5 rings (SSSR count). The molecule has 0 spiro atoms. The van der Waals surface area contributed by atoms with Crippen LogP contribution in [0.5, 0.6) is 17.2 Å². The van der Waals surface area contributed by atoms with Crippen LogP contribution < -0.4 is 24.8 Å². The second-order valence-corrected chi connectivity index (χ2v) is 13.3. The monoisotopic (exact) mass is 653 g/mol. The average molecular weight is 654 g/mol. The molecule has 0 radical (unpaired) electrons. The third-order valence-corrected chi connectivity index (χ3v) is 9.60. The molecule has 0 aromatic heterocycles. The van der Waals surface area contributed by atoms with Crippen LogP contribution in [-0.4, -0.2) is 75.7 Å². The van der Waals surface area contributed by atoms with Crippen LogP contribution in [0, 0.1) is 5.82 Å². The number of piperidine rings is 1. The number of hydrogen-bond acceptors (Lipinski definition) is 8. The van der Waals surface area contributed by atoms with Gasteiger partial charge in [-0.3, -0.25) is 14.4 Å². The van der Waals surface area contributed by atoms with E-state index >= 15 is 0 Å². The van der Waals surface area contributed by atoms with Crippen molar-refractivity contribution < 1.29 is 41.4 Å². The number of rotatable bonds is 5. The molecule has 2 heterocycles. The standard InChI is InChI=1S/C33H36FN3O8S/c1-43-29-9-7-22-8-10-31(38)35-19-23-15-24(34)18-25(16-23)45-28-11-13-37(20-27(28)36-32(39)21-44-30(29)17-22)33(40)12-14-46(41,42)26-5-3-2-4-6-26/h2-7,9,15-18,27-28H,8,10-14,19-21H2,1H3,(H,35,38)(H,36,39)/t27-,28-/m1/s1. The van der Waals surface area contributed by atoms with Crippen LogP contribution in [-0.2, 0) is 37.2 Å². The molecule has 2 aliphatic rings. The second kappa shape index (κ2) is 14.6. The molecule has 3 aromatic carbocycles. The highest BCUT2D eigenvalue weighted by atomic mass is 32.2. The summed E-state index contributed by atoms with van der Waals surface area (Å²) in [6, 6.07) is 16.6. The van der Waals surface area contributed by atoms with Gasteiger partial charge in [0, 0.05) is 45.0 Å². The predicted octanol–water partition coefficient (Wildman–Crippen LogP) is 2.80. The van der Waals surface area contributed by atoms with E-state index in [4.69, 9.17) is 14.2 Å². The number of halogens is 1. The summed E-state index contributed by atoms with van der Waals surface area (Å²) in [5, 5.41) is 5.69. The molecule has 46 heavy (non-hydrogen) atoms. The molecule has 3 aromatic rings. The van der Waals surface area contributed by atoms with Crippen molar-refractivity contribution in [2.75, 3.05) is 32.6 Å². The third-order valence-electron chi connectivity index (χ3n) is 7.87. The minimum atomic E-state index is -3.67. The van der Waals surface area contributed by atoms with Crippen molar-refractivity contribution in [3.05, 3.63) is 83.7 Å². The molecule has 0 aliphatic carbocycles. The van der Waals surface area contributed by atoms with E-state index in [1.54, 1.807) is 42.5 Å². The first-order valence-electron chi connectivity index (χ1n) is 15.0. The first kappa shape index (κ1) is 32.7. The maximum atomic E-state index is 14.6. The van der Waals surface area contributed by atoms with Gasteiger partial charge >= 0.3 is 0 Å². The number of methoxy groups -OCH3 is 1. The van der Waals surface area contributed by atoms with Crippen LogP contribution in [0.1, 0.15) is 30.4 Å². The maximum absolute atomic E-state index is 14.6. The molecule has 2 atom stereocenters. The van der Waals surface area contributed by atoms with Crippen molar-refractivity contribution in [3.63, 3.8) is 0 Å². The zero-order chi connectivity index (χ0) is 32.7. The molecular formula is C33H36FN3O8S. The number of nitrogens with zero attached hydrogens (tertiary/aromatic N) is 1. The lowest BCUT2D eigenvalue weighted by atomic mass is 10.0. The number of benzene rings is 3. The lowest BCUT2D eigenvalue weighted by Crippen LogP contribution is -2.58. The number of likely N-dealkylation sites (tertiary alicyclic amines) is 1. The molecular weight excluding hydrogens is 617 g/mol. The van der Waals surface area contributed by atoms with Gasteiger partial charge in [-0.15, -0.1) is 0 Å². The molecule has 11 nitrogen and oxygen atoms in total. The van der Waals surface area contributed by atoms with Gasteiger partial charge in [-0.25, -0.2) is 12.8 Å². The number of carbonyl (C=O) groups is 3. The summed E-state index contributed by atoms with van der Waals surface area (Å²) in [6.45, 7) is -0.0164. The van der Waals surface area contributed by atoms with E-state index in [2.05, 4.69) is 10.6 Å². The van der Waals surface area contributed by atoms with Crippen molar-refractivity contribution in [2.45, 2.75) is 49.3 Å². The highest BCUT2D eigenvalue weighted by Crippen LogP contribution is 2.29. The van der Waals surface area contributed by atoms with Crippen molar-refractivity contribution in [1.82, 2.24) is 15.5 Å². The number of aryl methyl sites for hydroxylation is 1. The van der Waals surface area contributed by atoms with E-state index < -0.39 is 33.7 Å². The fourth-order valence-corrected chi connectivity index (χ4v) is 6.71. The van der Waals surface area contributed by atoms with E-state index in [1.807, 2.05) is 0 Å². The number of fused-ring (bicyclic) bond motifs is 5. The van der Waals surface area contributed by atoms with Crippen molar-refractivity contribution >= 4 is 27.6 Å². The molecule has 244 valence electrons. The normalized spacial score (nSPS) is 19.2. The van der Waals surface area contributed by atoms with Crippen LogP contribution in [0.3, 0.4) is 0 Å². The Balaban J connectivity index is 1.35. The Bertz CT molecular complexity index is 1690. The van der Waals surface area contributed by atoms with Gasteiger partial charge in [-0.1, -0.05) is 24.3 Å².